The molecule has 0 aromatic heterocycles. The maximum absolute atomic E-state index is 9.24. The molecule has 102 valence electrons. The topological polar surface area (TPSA) is 65.2 Å². The van der Waals surface area contributed by atoms with Crippen LogP contribution in [0, 0.1) is 0 Å². The summed E-state index contributed by atoms with van der Waals surface area (Å²) < 4.78 is 1.81. The van der Waals surface area contributed by atoms with Crippen LogP contribution in [-0.4, -0.2) is 21.8 Å². The Morgan fingerprint density at radius 1 is 0.650 bits per heavy atom. The molecule has 2 N–H and O–H groups in total. The van der Waals surface area contributed by atoms with Crippen molar-refractivity contribution in [2.24, 2.45) is 10.3 Å². The molecule has 0 spiro atoms. The van der Waals surface area contributed by atoms with Crippen LogP contribution in [0.2, 0.25) is 0 Å². The van der Waals surface area contributed by atoms with E-state index in [4.69, 9.17) is 0 Å². The van der Waals surface area contributed by atoms with Gasteiger partial charge in [0, 0.05) is 20.1 Å². The van der Waals surface area contributed by atoms with E-state index in [2.05, 4.69) is 42.2 Å². The molecule has 20 heavy (non-hydrogen) atoms. The van der Waals surface area contributed by atoms with Gasteiger partial charge >= 0.3 is 0 Å². The molecule has 0 aliphatic heterocycles. The first-order valence-corrected chi connectivity index (χ1v) is 7.20. The molecule has 2 aromatic carbocycles. The van der Waals surface area contributed by atoms with E-state index in [9.17, 15) is 10.4 Å². The summed E-state index contributed by atoms with van der Waals surface area (Å²) in [6, 6.07) is 14.3. The van der Waals surface area contributed by atoms with Crippen molar-refractivity contribution in [3.8, 4) is 0 Å². The summed E-state index contributed by atoms with van der Waals surface area (Å²) in [6.07, 6.45) is 0. The predicted molar refractivity (Wildman–Crippen MR) is 84.9 cm³/mol. The first kappa shape index (κ1) is 14.7. The third-order valence-corrected chi connectivity index (χ3v) is 3.72. The number of nitrogens with zero attached hydrogens (tertiary/aromatic N) is 2. The number of benzene rings is 2. The van der Waals surface area contributed by atoms with Gasteiger partial charge in [-0.3, -0.25) is 0 Å². The lowest BCUT2D eigenvalue weighted by atomic mass is 10.00. The normalized spacial score (nSPS) is 12.5. The van der Waals surface area contributed by atoms with Crippen molar-refractivity contribution in [2.45, 2.75) is 0 Å². The highest BCUT2D eigenvalue weighted by Gasteiger charge is 2.15. The molecule has 0 heterocycles. The van der Waals surface area contributed by atoms with Crippen molar-refractivity contribution in [2.75, 3.05) is 0 Å². The molecule has 0 atom stereocenters. The summed E-state index contributed by atoms with van der Waals surface area (Å²) in [5.74, 6) is 0. The van der Waals surface area contributed by atoms with E-state index >= 15 is 0 Å². The Morgan fingerprint density at radius 3 is 1.20 bits per heavy atom. The van der Waals surface area contributed by atoms with E-state index in [1.165, 1.54) is 0 Å². The van der Waals surface area contributed by atoms with Crippen LogP contribution in [-0.2, 0) is 0 Å². The second-order valence-electron chi connectivity index (χ2n) is 3.91. The van der Waals surface area contributed by atoms with Gasteiger partial charge in [-0.05, 0) is 24.3 Å². The molecular weight excluding hydrogens is 388 g/mol. The average molecular weight is 398 g/mol. The van der Waals surface area contributed by atoms with Crippen molar-refractivity contribution >= 4 is 43.3 Å². The molecule has 0 aliphatic carbocycles. The van der Waals surface area contributed by atoms with Crippen LogP contribution in [0.25, 0.3) is 0 Å². The third kappa shape index (κ3) is 3.26. The molecule has 4 nitrogen and oxygen atoms in total. The van der Waals surface area contributed by atoms with Crippen molar-refractivity contribution in [1.82, 2.24) is 0 Å². The quantitative estimate of drug-likeness (QED) is 0.461. The highest BCUT2D eigenvalue weighted by Crippen LogP contribution is 2.16. The lowest BCUT2D eigenvalue weighted by Gasteiger charge is -2.07. The summed E-state index contributed by atoms with van der Waals surface area (Å²) in [5.41, 5.74) is 1.68. The molecule has 6 heteroatoms. The number of halogens is 2. The Hall–Kier alpha value is -1.66. The Bertz CT molecular complexity index is 590. The maximum Gasteiger partial charge on any atom is 0.139 e. The largest absolute Gasteiger partial charge is 0.410 e. The second kappa shape index (κ2) is 6.67. The van der Waals surface area contributed by atoms with Crippen molar-refractivity contribution < 1.29 is 10.4 Å². The smallest absolute Gasteiger partial charge is 0.139 e. The van der Waals surface area contributed by atoms with Crippen molar-refractivity contribution in [1.29, 1.82) is 0 Å². The van der Waals surface area contributed by atoms with Crippen LogP contribution in [0.4, 0.5) is 0 Å². The van der Waals surface area contributed by atoms with Crippen LogP contribution in [0.3, 0.4) is 0 Å². The summed E-state index contributed by atoms with van der Waals surface area (Å²) in [4.78, 5) is 0. The first-order chi connectivity index (χ1) is 9.65. The van der Waals surface area contributed by atoms with Gasteiger partial charge in [-0.1, -0.05) is 66.4 Å². The third-order valence-electron chi connectivity index (χ3n) is 2.66. The van der Waals surface area contributed by atoms with Gasteiger partial charge in [-0.15, -0.1) is 0 Å². The molecule has 0 saturated heterocycles. The fraction of sp³-hybridized carbons (Fsp3) is 0. The molecule has 2 aromatic rings. The van der Waals surface area contributed by atoms with Gasteiger partial charge in [0.1, 0.15) is 11.4 Å². The minimum atomic E-state index is 0.197. The van der Waals surface area contributed by atoms with Gasteiger partial charge in [0.05, 0.1) is 0 Å². The lowest BCUT2D eigenvalue weighted by Crippen LogP contribution is -2.17. The van der Waals surface area contributed by atoms with Crippen LogP contribution >= 0.6 is 31.9 Å². The summed E-state index contributed by atoms with van der Waals surface area (Å²) in [7, 11) is 0. The zero-order chi connectivity index (χ0) is 14.5. The predicted octanol–water partition coefficient (Wildman–Crippen LogP) is 4.27. The molecular formula is C14H10Br2N2O2. The van der Waals surface area contributed by atoms with E-state index in [1.807, 2.05) is 24.3 Å². The molecule has 0 unspecified atom stereocenters. The van der Waals surface area contributed by atoms with Gasteiger partial charge in [0.2, 0.25) is 0 Å². The van der Waals surface area contributed by atoms with Gasteiger partial charge in [-0.2, -0.15) is 0 Å². The Kier molecular flexibility index (Phi) is 4.92. The summed E-state index contributed by atoms with van der Waals surface area (Å²) >= 11 is 6.67. The monoisotopic (exact) mass is 396 g/mol. The van der Waals surface area contributed by atoms with E-state index in [0.29, 0.717) is 11.1 Å². The van der Waals surface area contributed by atoms with Gasteiger partial charge in [-0.25, -0.2) is 0 Å². The number of hydrogen-bond acceptors (Lipinski definition) is 4. The Morgan fingerprint density at radius 2 is 0.950 bits per heavy atom. The van der Waals surface area contributed by atoms with E-state index in [-0.39, 0.29) is 11.4 Å². The van der Waals surface area contributed by atoms with Crippen LogP contribution in [0.1, 0.15) is 11.1 Å². The van der Waals surface area contributed by atoms with Crippen molar-refractivity contribution in [3.63, 3.8) is 0 Å². The summed E-state index contributed by atoms with van der Waals surface area (Å²) in [5, 5.41) is 25.0. The summed E-state index contributed by atoms with van der Waals surface area (Å²) in [6.45, 7) is 0. The zero-order valence-corrected chi connectivity index (χ0v) is 13.3. The fourth-order valence-electron chi connectivity index (χ4n) is 1.70. The van der Waals surface area contributed by atoms with Crippen molar-refractivity contribution in [3.05, 3.63) is 68.6 Å². The van der Waals surface area contributed by atoms with Gasteiger partial charge in [0.25, 0.3) is 0 Å². The van der Waals surface area contributed by atoms with Crippen LogP contribution < -0.4 is 0 Å². The van der Waals surface area contributed by atoms with Gasteiger partial charge < -0.3 is 10.4 Å². The molecule has 0 radical (unpaired) electrons. The lowest BCUT2D eigenvalue weighted by molar-refractivity contribution is 0.314. The molecule has 0 fully saturated rings. The second-order valence-corrected chi connectivity index (χ2v) is 5.74. The highest BCUT2D eigenvalue weighted by molar-refractivity contribution is 9.10. The van der Waals surface area contributed by atoms with Gasteiger partial charge in [0.15, 0.2) is 0 Å². The number of rotatable bonds is 3. The fourth-order valence-corrected chi connectivity index (χ4v) is 2.23. The van der Waals surface area contributed by atoms with E-state index in [1.54, 1.807) is 24.3 Å². The highest BCUT2D eigenvalue weighted by atomic mass is 79.9. The molecule has 0 bridgehead atoms. The zero-order valence-electron chi connectivity index (χ0n) is 10.2. The van der Waals surface area contributed by atoms with E-state index in [0.717, 1.165) is 8.95 Å². The van der Waals surface area contributed by atoms with E-state index < -0.39 is 0 Å². The minimum absolute atomic E-state index is 0.197. The Balaban J connectivity index is 2.44. The standard InChI is InChI=1S/C14H10Br2N2O2/c15-11-5-1-9(2-6-11)13(17-19)14(18-20)10-3-7-12(16)8-4-10/h1-8,19-20H/b17-13-,18-14+. The number of hydrogen-bond donors (Lipinski definition) is 2. The maximum atomic E-state index is 9.24. The molecule has 0 saturated carbocycles. The average Bonchev–Trinajstić information content (AvgIpc) is 2.47. The molecule has 0 amide bonds. The Labute approximate surface area is 132 Å². The first-order valence-electron chi connectivity index (χ1n) is 5.62. The number of oxime groups is 2. The molecule has 2 rings (SSSR count). The molecule has 0 aliphatic rings. The van der Waals surface area contributed by atoms with Crippen LogP contribution in [0.5, 0.6) is 0 Å². The SMILES string of the molecule is O/N=C(\C(=N\O)c1ccc(Br)cc1)c1ccc(Br)cc1. The minimum Gasteiger partial charge on any atom is -0.410 e. The van der Waals surface area contributed by atoms with Crippen LogP contribution in [0.15, 0.2) is 67.8 Å².